The monoisotopic (exact) mass is 177 g/mol. The Bertz CT molecular complexity index is 331. The smallest absolute Gasteiger partial charge is 0.409 e. The van der Waals surface area contributed by atoms with Gasteiger partial charge in [-0.25, -0.2) is 4.79 Å². The predicted octanol–water partition coefficient (Wildman–Crippen LogP) is 2.02. The Morgan fingerprint density at radius 3 is 2.85 bits per heavy atom. The fourth-order valence-electron chi connectivity index (χ4n) is 1.36. The standard InChI is InChI=1S/C10H11NO2/c11-10(12)13-9-3-1-2-8(6-9)7-4-5-7/h1-3,6-7H,4-5H2,(H2,11,12). The zero-order valence-corrected chi connectivity index (χ0v) is 7.19. The quantitative estimate of drug-likeness (QED) is 0.751. The molecule has 1 saturated carbocycles. The SMILES string of the molecule is NC(=O)Oc1cccc(C2CC2)c1. The van der Waals surface area contributed by atoms with Gasteiger partial charge in [-0.2, -0.15) is 0 Å². The van der Waals surface area contributed by atoms with E-state index in [0.717, 1.165) is 0 Å². The first-order valence-corrected chi connectivity index (χ1v) is 4.33. The first-order chi connectivity index (χ1) is 6.25. The fourth-order valence-corrected chi connectivity index (χ4v) is 1.36. The van der Waals surface area contributed by atoms with Crippen LogP contribution >= 0.6 is 0 Å². The van der Waals surface area contributed by atoms with Gasteiger partial charge in [-0.3, -0.25) is 0 Å². The van der Waals surface area contributed by atoms with E-state index in [1.54, 1.807) is 6.07 Å². The summed E-state index contributed by atoms with van der Waals surface area (Å²) in [6.07, 6.45) is 1.72. The average Bonchev–Trinajstić information content (AvgIpc) is 2.85. The van der Waals surface area contributed by atoms with Gasteiger partial charge in [0.2, 0.25) is 0 Å². The van der Waals surface area contributed by atoms with Gasteiger partial charge in [0, 0.05) is 0 Å². The molecule has 1 aromatic rings. The second-order valence-electron chi connectivity index (χ2n) is 3.27. The zero-order chi connectivity index (χ0) is 9.26. The fraction of sp³-hybridized carbons (Fsp3) is 0.300. The Morgan fingerprint density at radius 2 is 2.23 bits per heavy atom. The van der Waals surface area contributed by atoms with Crippen LogP contribution in [0.1, 0.15) is 24.3 Å². The summed E-state index contributed by atoms with van der Waals surface area (Å²) < 4.78 is 4.77. The third-order valence-electron chi connectivity index (χ3n) is 2.13. The average molecular weight is 177 g/mol. The van der Waals surface area contributed by atoms with Crippen molar-refractivity contribution in [3.05, 3.63) is 29.8 Å². The van der Waals surface area contributed by atoms with Crippen molar-refractivity contribution >= 4 is 6.09 Å². The van der Waals surface area contributed by atoms with Gasteiger partial charge in [0.25, 0.3) is 0 Å². The number of benzene rings is 1. The highest BCUT2D eigenvalue weighted by Crippen LogP contribution is 2.40. The largest absolute Gasteiger partial charge is 0.410 e. The van der Waals surface area contributed by atoms with Gasteiger partial charge < -0.3 is 10.5 Å². The van der Waals surface area contributed by atoms with E-state index in [1.807, 2.05) is 18.2 Å². The van der Waals surface area contributed by atoms with Crippen molar-refractivity contribution in [2.24, 2.45) is 5.73 Å². The first-order valence-electron chi connectivity index (χ1n) is 4.33. The van der Waals surface area contributed by atoms with Crippen LogP contribution in [0.25, 0.3) is 0 Å². The van der Waals surface area contributed by atoms with Crippen LogP contribution in [0.5, 0.6) is 5.75 Å². The molecule has 2 rings (SSSR count). The number of hydrogen-bond acceptors (Lipinski definition) is 2. The first kappa shape index (κ1) is 8.10. The number of hydrogen-bond donors (Lipinski definition) is 1. The Kier molecular flexibility index (Phi) is 1.93. The van der Waals surface area contributed by atoms with Crippen molar-refractivity contribution in [2.45, 2.75) is 18.8 Å². The molecule has 1 aromatic carbocycles. The Balaban J connectivity index is 2.16. The van der Waals surface area contributed by atoms with Crippen LogP contribution in [0.2, 0.25) is 0 Å². The predicted molar refractivity (Wildman–Crippen MR) is 48.6 cm³/mol. The van der Waals surface area contributed by atoms with Crippen molar-refractivity contribution in [3.63, 3.8) is 0 Å². The molecule has 2 N–H and O–H groups in total. The molecule has 1 aliphatic rings. The lowest BCUT2D eigenvalue weighted by molar-refractivity contribution is 0.211. The third-order valence-corrected chi connectivity index (χ3v) is 2.13. The van der Waals surface area contributed by atoms with Crippen molar-refractivity contribution in [2.75, 3.05) is 0 Å². The van der Waals surface area contributed by atoms with E-state index >= 15 is 0 Å². The summed E-state index contributed by atoms with van der Waals surface area (Å²) in [6.45, 7) is 0. The van der Waals surface area contributed by atoms with Gasteiger partial charge in [0.15, 0.2) is 0 Å². The highest BCUT2D eigenvalue weighted by molar-refractivity contribution is 5.68. The molecule has 1 aliphatic carbocycles. The second kappa shape index (κ2) is 3.09. The summed E-state index contributed by atoms with van der Waals surface area (Å²) >= 11 is 0. The number of carbonyl (C=O) groups excluding carboxylic acids is 1. The van der Waals surface area contributed by atoms with Crippen LogP contribution < -0.4 is 10.5 Å². The summed E-state index contributed by atoms with van der Waals surface area (Å²) in [6, 6.07) is 7.54. The number of nitrogens with two attached hydrogens (primary N) is 1. The van der Waals surface area contributed by atoms with Crippen molar-refractivity contribution in [1.29, 1.82) is 0 Å². The summed E-state index contributed by atoms with van der Waals surface area (Å²) in [5.41, 5.74) is 6.14. The lowest BCUT2D eigenvalue weighted by atomic mass is 10.1. The minimum atomic E-state index is -0.757. The highest BCUT2D eigenvalue weighted by atomic mass is 16.5. The molecule has 0 radical (unpaired) electrons. The topological polar surface area (TPSA) is 52.3 Å². The molecule has 0 aliphatic heterocycles. The molecule has 0 unspecified atom stereocenters. The number of carbonyl (C=O) groups is 1. The number of primary amides is 1. The van der Waals surface area contributed by atoms with Gasteiger partial charge in [0.05, 0.1) is 0 Å². The van der Waals surface area contributed by atoms with E-state index in [4.69, 9.17) is 10.5 Å². The Labute approximate surface area is 76.5 Å². The molecular weight excluding hydrogens is 166 g/mol. The molecule has 0 bridgehead atoms. The van der Waals surface area contributed by atoms with Gasteiger partial charge in [-0.1, -0.05) is 12.1 Å². The van der Waals surface area contributed by atoms with E-state index < -0.39 is 6.09 Å². The molecule has 0 heterocycles. The third kappa shape index (κ3) is 1.99. The van der Waals surface area contributed by atoms with Gasteiger partial charge in [-0.15, -0.1) is 0 Å². The van der Waals surface area contributed by atoms with Crippen molar-refractivity contribution in [1.82, 2.24) is 0 Å². The maximum atomic E-state index is 10.5. The van der Waals surface area contributed by atoms with E-state index in [9.17, 15) is 4.79 Å². The molecule has 0 atom stereocenters. The van der Waals surface area contributed by atoms with Crippen LogP contribution in [0.15, 0.2) is 24.3 Å². The van der Waals surface area contributed by atoms with E-state index in [2.05, 4.69) is 0 Å². The lowest BCUT2D eigenvalue weighted by Gasteiger charge is -2.02. The zero-order valence-electron chi connectivity index (χ0n) is 7.19. The molecule has 1 fully saturated rings. The van der Waals surface area contributed by atoms with Gasteiger partial charge >= 0.3 is 6.09 Å². The van der Waals surface area contributed by atoms with Crippen LogP contribution in [-0.4, -0.2) is 6.09 Å². The molecule has 3 heteroatoms. The van der Waals surface area contributed by atoms with Gasteiger partial charge in [-0.05, 0) is 36.5 Å². The summed E-state index contributed by atoms with van der Waals surface area (Å²) in [5, 5.41) is 0. The normalized spacial score (nSPS) is 15.4. The molecule has 0 spiro atoms. The van der Waals surface area contributed by atoms with Crippen molar-refractivity contribution in [3.8, 4) is 5.75 Å². The second-order valence-corrected chi connectivity index (χ2v) is 3.27. The molecule has 0 saturated heterocycles. The van der Waals surface area contributed by atoms with Crippen molar-refractivity contribution < 1.29 is 9.53 Å². The van der Waals surface area contributed by atoms with Crippen LogP contribution in [0.4, 0.5) is 4.79 Å². The van der Waals surface area contributed by atoms with Gasteiger partial charge in [0.1, 0.15) is 5.75 Å². The van der Waals surface area contributed by atoms with Crippen LogP contribution in [0, 0.1) is 0 Å². The Morgan fingerprint density at radius 1 is 1.46 bits per heavy atom. The summed E-state index contributed by atoms with van der Waals surface area (Å²) in [4.78, 5) is 10.5. The van der Waals surface area contributed by atoms with Crippen LogP contribution in [0.3, 0.4) is 0 Å². The highest BCUT2D eigenvalue weighted by Gasteiger charge is 2.23. The molecule has 13 heavy (non-hydrogen) atoms. The number of rotatable bonds is 2. The van der Waals surface area contributed by atoms with E-state index in [1.165, 1.54) is 18.4 Å². The molecular formula is C10H11NO2. The molecule has 1 amide bonds. The number of ether oxygens (including phenoxy) is 1. The molecule has 68 valence electrons. The molecule has 3 nitrogen and oxygen atoms in total. The van der Waals surface area contributed by atoms with E-state index in [-0.39, 0.29) is 0 Å². The summed E-state index contributed by atoms with van der Waals surface area (Å²) in [5.74, 6) is 1.20. The maximum Gasteiger partial charge on any atom is 0.409 e. The van der Waals surface area contributed by atoms with Crippen LogP contribution in [-0.2, 0) is 0 Å². The summed E-state index contributed by atoms with van der Waals surface area (Å²) in [7, 11) is 0. The Hall–Kier alpha value is -1.51. The molecule has 0 aromatic heterocycles. The lowest BCUT2D eigenvalue weighted by Crippen LogP contribution is -2.16. The number of amides is 1. The minimum Gasteiger partial charge on any atom is -0.410 e. The maximum absolute atomic E-state index is 10.5. The van der Waals surface area contributed by atoms with E-state index in [0.29, 0.717) is 11.7 Å². The minimum absolute atomic E-state index is 0.539.